The molecule has 0 aromatic carbocycles. The van der Waals surface area contributed by atoms with Crippen LogP contribution in [0.25, 0.3) is 0 Å². The van der Waals surface area contributed by atoms with Gasteiger partial charge in [-0.05, 0) is 102 Å². The van der Waals surface area contributed by atoms with E-state index in [0.29, 0.717) is 5.41 Å². The average Bonchev–Trinajstić information content (AvgIpc) is 2.89. The predicted molar refractivity (Wildman–Crippen MR) is 191 cm³/mol. The SMILES string of the molecule is CC(C=CC=C(C)C=CC=CC1=C(C)CCCC1(C)C)=CC=CC=C(C)C=CC=C(C)C=CC1=C(C)CCCC1(C)C. The van der Waals surface area contributed by atoms with Crippen molar-refractivity contribution < 1.29 is 0 Å². The average molecular weight is 563 g/mol. The summed E-state index contributed by atoms with van der Waals surface area (Å²) in [6, 6.07) is 0. The van der Waals surface area contributed by atoms with Crippen molar-refractivity contribution in [2.75, 3.05) is 0 Å². The van der Waals surface area contributed by atoms with Crippen LogP contribution in [0.4, 0.5) is 0 Å². The van der Waals surface area contributed by atoms with Crippen molar-refractivity contribution >= 4 is 0 Å². The molecule has 0 unspecified atom stereocenters. The Kier molecular flexibility index (Phi) is 14.3. The van der Waals surface area contributed by atoms with Crippen molar-refractivity contribution in [3.05, 3.63) is 142 Å². The van der Waals surface area contributed by atoms with Gasteiger partial charge in [-0.2, -0.15) is 0 Å². The van der Waals surface area contributed by atoms with Gasteiger partial charge in [-0.1, -0.05) is 158 Å². The summed E-state index contributed by atoms with van der Waals surface area (Å²) in [6.07, 6.45) is 42.5. The van der Waals surface area contributed by atoms with Gasteiger partial charge in [0, 0.05) is 0 Å². The van der Waals surface area contributed by atoms with Crippen molar-refractivity contribution in [1.82, 2.24) is 0 Å². The highest BCUT2D eigenvalue weighted by atomic mass is 14.3. The minimum absolute atomic E-state index is 0.289. The fourth-order valence-electron chi connectivity index (χ4n) is 5.93. The van der Waals surface area contributed by atoms with Crippen LogP contribution < -0.4 is 0 Å². The number of hydrogen-bond donors (Lipinski definition) is 0. The third-order valence-corrected chi connectivity index (χ3v) is 8.60. The number of hydrogen-bond acceptors (Lipinski definition) is 0. The molecule has 0 fully saturated rings. The van der Waals surface area contributed by atoms with Gasteiger partial charge >= 0.3 is 0 Å². The van der Waals surface area contributed by atoms with E-state index < -0.39 is 0 Å². The minimum atomic E-state index is 0.289. The van der Waals surface area contributed by atoms with E-state index in [4.69, 9.17) is 0 Å². The highest BCUT2D eigenvalue weighted by molar-refractivity contribution is 5.38. The lowest BCUT2D eigenvalue weighted by molar-refractivity contribution is 0.376. The molecule has 0 saturated heterocycles. The van der Waals surface area contributed by atoms with Gasteiger partial charge in [0.1, 0.15) is 0 Å². The second-order valence-electron chi connectivity index (χ2n) is 13.7. The Morgan fingerprint density at radius 3 is 1.31 bits per heavy atom. The molecule has 226 valence electrons. The van der Waals surface area contributed by atoms with Gasteiger partial charge in [0.15, 0.2) is 0 Å². The molecule has 2 aliphatic carbocycles. The topological polar surface area (TPSA) is 0 Å². The van der Waals surface area contributed by atoms with E-state index in [9.17, 15) is 0 Å². The lowest BCUT2D eigenvalue weighted by atomic mass is 9.72. The standard InChI is InChI=1S/C42H58/c1-33(22-15-23-35(3)21-13-14-28-39-37(5)26-17-31-41(39,7)8)19-11-12-20-34(2)24-16-25-36(4)29-30-40-38(6)27-18-32-42(40,9)10/h11-16,19-25,28-30H,17-18,26-27,31-32H2,1-10H3. The van der Waals surface area contributed by atoms with E-state index in [2.05, 4.69) is 166 Å². The molecule has 0 atom stereocenters. The maximum atomic E-state index is 2.37. The zero-order chi connectivity index (χ0) is 31.2. The van der Waals surface area contributed by atoms with Gasteiger partial charge in [-0.3, -0.25) is 0 Å². The first-order valence-electron chi connectivity index (χ1n) is 16.0. The molecule has 42 heavy (non-hydrogen) atoms. The summed E-state index contributed by atoms with van der Waals surface area (Å²) in [5.74, 6) is 0. The Morgan fingerprint density at radius 1 is 0.476 bits per heavy atom. The molecule has 0 bridgehead atoms. The zero-order valence-electron chi connectivity index (χ0n) is 28.5. The first kappa shape index (κ1) is 35.1. The molecule has 0 saturated carbocycles. The monoisotopic (exact) mass is 562 g/mol. The van der Waals surface area contributed by atoms with Crippen molar-refractivity contribution in [1.29, 1.82) is 0 Å². The Bertz CT molecular complexity index is 1290. The van der Waals surface area contributed by atoms with Crippen molar-refractivity contribution in [3.63, 3.8) is 0 Å². The zero-order valence-corrected chi connectivity index (χ0v) is 28.5. The van der Waals surface area contributed by atoms with E-state index in [0.717, 1.165) is 0 Å². The van der Waals surface area contributed by atoms with E-state index >= 15 is 0 Å². The molecule has 0 amide bonds. The molecule has 0 aromatic rings. The summed E-state index contributed by atoms with van der Waals surface area (Å²) in [7, 11) is 0. The van der Waals surface area contributed by atoms with Crippen LogP contribution >= 0.6 is 0 Å². The second-order valence-corrected chi connectivity index (χ2v) is 13.7. The van der Waals surface area contributed by atoms with E-state index in [1.54, 1.807) is 11.1 Å². The minimum Gasteiger partial charge on any atom is -0.0696 e. The highest BCUT2D eigenvalue weighted by Gasteiger charge is 2.27. The normalized spacial score (nSPS) is 21.7. The third-order valence-electron chi connectivity index (χ3n) is 8.60. The molecule has 2 aliphatic rings. The number of rotatable bonds is 11. The fourth-order valence-corrected chi connectivity index (χ4v) is 5.93. The Balaban J connectivity index is 1.85. The summed E-state index contributed by atoms with van der Waals surface area (Å²) in [5.41, 5.74) is 11.7. The van der Waals surface area contributed by atoms with E-state index in [1.807, 2.05) is 0 Å². The fraction of sp³-hybridized carbons (Fsp3) is 0.429. The summed E-state index contributed by atoms with van der Waals surface area (Å²) in [6.45, 7) is 22.6. The van der Waals surface area contributed by atoms with Gasteiger partial charge in [0.25, 0.3) is 0 Å². The maximum Gasteiger partial charge on any atom is -0.0104 e. The predicted octanol–water partition coefficient (Wildman–Crippen LogP) is 13.2. The van der Waals surface area contributed by atoms with Crippen LogP contribution in [0.5, 0.6) is 0 Å². The van der Waals surface area contributed by atoms with Crippen LogP contribution in [0, 0.1) is 10.8 Å². The molecule has 0 spiro atoms. The molecule has 2 rings (SSSR count). The van der Waals surface area contributed by atoms with Crippen LogP contribution in [-0.2, 0) is 0 Å². The smallest absolute Gasteiger partial charge is 0.0104 e. The quantitative estimate of drug-likeness (QED) is 0.220. The molecule has 0 aliphatic heterocycles. The van der Waals surface area contributed by atoms with Crippen LogP contribution in [0.3, 0.4) is 0 Å². The van der Waals surface area contributed by atoms with Crippen molar-refractivity contribution in [2.24, 2.45) is 10.8 Å². The Morgan fingerprint density at radius 2 is 0.857 bits per heavy atom. The lowest BCUT2D eigenvalue weighted by Crippen LogP contribution is -2.19. The second kappa shape index (κ2) is 17.1. The summed E-state index contributed by atoms with van der Waals surface area (Å²) in [4.78, 5) is 0. The largest absolute Gasteiger partial charge is 0.0696 e. The van der Waals surface area contributed by atoms with Gasteiger partial charge in [0.2, 0.25) is 0 Å². The summed E-state index contributed by atoms with van der Waals surface area (Å²) >= 11 is 0. The molecular formula is C42H58. The molecule has 0 N–H and O–H groups in total. The van der Waals surface area contributed by atoms with Crippen LogP contribution in [0.1, 0.15) is 108 Å². The molecule has 0 radical (unpaired) electrons. The Labute approximate surface area is 259 Å². The van der Waals surface area contributed by atoms with Crippen molar-refractivity contribution in [3.8, 4) is 0 Å². The maximum absolute atomic E-state index is 2.37. The van der Waals surface area contributed by atoms with Crippen LogP contribution in [0.15, 0.2) is 142 Å². The van der Waals surface area contributed by atoms with Crippen LogP contribution in [-0.4, -0.2) is 0 Å². The summed E-state index contributed by atoms with van der Waals surface area (Å²) < 4.78 is 0. The Hall–Kier alpha value is -3.12. The van der Waals surface area contributed by atoms with E-state index in [1.165, 1.54) is 72.0 Å². The molecule has 0 heterocycles. The number of allylic oxidation sites excluding steroid dienone is 24. The first-order valence-corrected chi connectivity index (χ1v) is 16.0. The lowest BCUT2D eigenvalue weighted by Gasteiger charge is -2.32. The molecule has 0 aromatic heterocycles. The van der Waals surface area contributed by atoms with Gasteiger partial charge in [-0.15, -0.1) is 0 Å². The van der Waals surface area contributed by atoms with Gasteiger partial charge in [0.05, 0.1) is 0 Å². The van der Waals surface area contributed by atoms with Crippen molar-refractivity contribution in [2.45, 2.75) is 108 Å². The molecular weight excluding hydrogens is 504 g/mol. The van der Waals surface area contributed by atoms with Crippen LogP contribution in [0.2, 0.25) is 0 Å². The van der Waals surface area contributed by atoms with Gasteiger partial charge < -0.3 is 0 Å². The summed E-state index contributed by atoms with van der Waals surface area (Å²) in [5, 5.41) is 0. The first-order chi connectivity index (χ1) is 19.8. The molecule has 0 heteroatoms. The molecule has 0 nitrogen and oxygen atoms in total. The third kappa shape index (κ3) is 12.4. The van der Waals surface area contributed by atoms with E-state index in [-0.39, 0.29) is 5.41 Å². The van der Waals surface area contributed by atoms with Gasteiger partial charge in [-0.25, -0.2) is 0 Å². The highest BCUT2D eigenvalue weighted by Crippen LogP contribution is 2.41.